The Kier molecular flexibility index (Phi) is 3.69. The van der Waals surface area contributed by atoms with Gasteiger partial charge in [0.05, 0.1) is 6.04 Å². The number of halogens is 2. The Bertz CT molecular complexity index is 389. The van der Waals surface area contributed by atoms with Gasteiger partial charge in [0.1, 0.15) is 0 Å². The maximum absolute atomic E-state index is 11.6. The highest BCUT2D eigenvalue weighted by atomic mass is 35.5. The first-order valence-electron chi connectivity index (χ1n) is 5.12. The first-order valence-corrected chi connectivity index (χ1v) is 5.88. The molecule has 16 heavy (non-hydrogen) atoms. The predicted octanol–water partition coefficient (Wildman–Crippen LogP) is 1.62. The van der Waals surface area contributed by atoms with E-state index in [2.05, 4.69) is 10.6 Å². The Labute approximate surface area is 104 Å². The van der Waals surface area contributed by atoms with E-state index < -0.39 is 0 Å². The van der Waals surface area contributed by atoms with Gasteiger partial charge in [-0.25, -0.2) is 0 Å². The molecule has 0 aromatic heterocycles. The summed E-state index contributed by atoms with van der Waals surface area (Å²) in [6, 6.07) is 5.11. The molecule has 1 aliphatic rings. The zero-order valence-corrected chi connectivity index (χ0v) is 10.1. The van der Waals surface area contributed by atoms with Gasteiger partial charge in [0, 0.05) is 23.1 Å². The number of rotatable bonds is 2. The lowest BCUT2D eigenvalue weighted by Crippen LogP contribution is -2.53. The fourth-order valence-corrected chi connectivity index (χ4v) is 2.30. The SMILES string of the molecule is O=C1NCCN[C@@H]1Cc1c(Cl)cccc1Cl. The van der Waals surface area contributed by atoms with Gasteiger partial charge in [-0.05, 0) is 24.1 Å². The molecule has 1 aromatic carbocycles. The van der Waals surface area contributed by atoms with Crippen LogP contribution < -0.4 is 10.6 Å². The van der Waals surface area contributed by atoms with Gasteiger partial charge in [-0.2, -0.15) is 0 Å². The van der Waals surface area contributed by atoms with Gasteiger partial charge >= 0.3 is 0 Å². The largest absolute Gasteiger partial charge is 0.353 e. The van der Waals surface area contributed by atoms with Crippen molar-refractivity contribution in [3.63, 3.8) is 0 Å². The zero-order valence-electron chi connectivity index (χ0n) is 8.59. The molecule has 1 amide bonds. The molecule has 1 heterocycles. The molecule has 86 valence electrons. The zero-order chi connectivity index (χ0) is 11.5. The molecule has 2 rings (SSSR count). The molecular formula is C11H12Cl2N2O. The van der Waals surface area contributed by atoms with Crippen LogP contribution in [-0.4, -0.2) is 25.0 Å². The fourth-order valence-electron chi connectivity index (χ4n) is 1.74. The average Bonchev–Trinajstić information content (AvgIpc) is 2.26. The summed E-state index contributed by atoms with van der Waals surface area (Å²) in [5.74, 6) is 0.00207. The standard InChI is InChI=1S/C11H12Cl2N2O/c12-8-2-1-3-9(13)7(8)6-10-11(16)15-5-4-14-10/h1-3,10,14H,4-6H2,(H,15,16)/t10-/m1/s1. The van der Waals surface area contributed by atoms with Crippen molar-refractivity contribution in [3.05, 3.63) is 33.8 Å². The van der Waals surface area contributed by atoms with E-state index >= 15 is 0 Å². The second-order valence-corrected chi connectivity index (χ2v) is 4.52. The molecule has 0 spiro atoms. The molecule has 1 aliphatic heterocycles. The van der Waals surface area contributed by atoms with Gasteiger partial charge in [0.15, 0.2) is 0 Å². The topological polar surface area (TPSA) is 41.1 Å². The summed E-state index contributed by atoms with van der Waals surface area (Å²) in [5, 5.41) is 7.15. The van der Waals surface area contributed by atoms with Crippen molar-refractivity contribution in [2.75, 3.05) is 13.1 Å². The van der Waals surface area contributed by atoms with E-state index in [0.717, 1.165) is 12.1 Å². The van der Waals surface area contributed by atoms with Gasteiger partial charge in [-0.1, -0.05) is 29.3 Å². The van der Waals surface area contributed by atoms with E-state index in [1.165, 1.54) is 0 Å². The molecule has 0 radical (unpaired) electrons. The summed E-state index contributed by atoms with van der Waals surface area (Å²) in [6.45, 7) is 1.45. The Morgan fingerprint density at radius 2 is 1.94 bits per heavy atom. The third-order valence-corrected chi connectivity index (χ3v) is 3.31. The van der Waals surface area contributed by atoms with Gasteiger partial charge in [-0.3, -0.25) is 4.79 Å². The lowest BCUT2D eigenvalue weighted by atomic mass is 10.0. The monoisotopic (exact) mass is 258 g/mol. The van der Waals surface area contributed by atoms with Crippen LogP contribution in [0.25, 0.3) is 0 Å². The minimum atomic E-state index is -0.244. The molecule has 1 atom stereocenters. The molecule has 2 N–H and O–H groups in total. The van der Waals surface area contributed by atoms with Gasteiger partial charge in [0.2, 0.25) is 5.91 Å². The number of benzene rings is 1. The smallest absolute Gasteiger partial charge is 0.237 e. The maximum Gasteiger partial charge on any atom is 0.237 e. The van der Waals surface area contributed by atoms with E-state index in [1.54, 1.807) is 18.2 Å². The van der Waals surface area contributed by atoms with Crippen molar-refractivity contribution in [2.24, 2.45) is 0 Å². The first-order chi connectivity index (χ1) is 7.68. The molecule has 0 aliphatic carbocycles. The third kappa shape index (κ3) is 2.48. The fraction of sp³-hybridized carbons (Fsp3) is 0.364. The first kappa shape index (κ1) is 11.7. The van der Waals surface area contributed by atoms with E-state index in [-0.39, 0.29) is 11.9 Å². The highest BCUT2D eigenvalue weighted by Gasteiger charge is 2.23. The Hall–Kier alpha value is -0.770. The minimum absolute atomic E-state index is 0.00207. The second kappa shape index (κ2) is 5.04. The van der Waals surface area contributed by atoms with Crippen LogP contribution in [0.1, 0.15) is 5.56 Å². The predicted molar refractivity (Wildman–Crippen MR) is 65.0 cm³/mol. The molecule has 1 aromatic rings. The van der Waals surface area contributed by atoms with Crippen LogP contribution in [0.15, 0.2) is 18.2 Å². The van der Waals surface area contributed by atoms with Crippen LogP contribution in [0.5, 0.6) is 0 Å². The van der Waals surface area contributed by atoms with Crippen molar-refractivity contribution in [1.82, 2.24) is 10.6 Å². The number of nitrogens with one attached hydrogen (secondary N) is 2. The molecule has 0 unspecified atom stereocenters. The quantitative estimate of drug-likeness (QED) is 0.847. The maximum atomic E-state index is 11.6. The number of piperazine rings is 1. The highest BCUT2D eigenvalue weighted by molar-refractivity contribution is 6.36. The second-order valence-electron chi connectivity index (χ2n) is 3.70. The van der Waals surface area contributed by atoms with Gasteiger partial charge in [0.25, 0.3) is 0 Å². The molecule has 1 fully saturated rings. The van der Waals surface area contributed by atoms with Crippen LogP contribution >= 0.6 is 23.2 Å². The molecule has 5 heteroatoms. The number of hydrogen-bond acceptors (Lipinski definition) is 2. The average molecular weight is 259 g/mol. The summed E-state index contributed by atoms with van der Waals surface area (Å²) < 4.78 is 0. The van der Waals surface area contributed by atoms with Crippen molar-refractivity contribution >= 4 is 29.1 Å². The van der Waals surface area contributed by atoms with E-state index in [4.69, 9.17) is 23.2 Å². The van der Waals surface area contributed by atoms with Crippen molar-refractivity contribution in [2.45, 2.75) is 12.5 Å². The number of amides is 1. The van der Waals surface area contributed by atoms with Crippen LogP contribution in [0, 0.1) is 0 Å². The van der Waals surface area contributed by atoms with Crippen molar-refractivity contribution in [3.8, 4) is 0 Å². The summed E-state index contributed by atoms with van der Waals surface area (Å²) in [7, 11) is 0. The van der Waals surface area contributed by atoms with Crippen molar-refractivity contribution in [1.29, 1.82) is 0 Å². The van der Waals surface area contributed by atoms with Gasteiger partial charge in [-0.15, -0.1) is 0 Å². The van der Waals surface area contributed by atoms with E-state index in [9.17, 15) is 4.79 Å². The lowest BCUT2D eigenvalue weighted by Gasteiger charge is -2.24. The molecular weight excluding hydrogens is 247 g/mol. The minimum Gasteiger partial charge on any atom is -0.353 e. The van der Waals surface area contributed by atoms with E-state index in [0.29, 0.717) is 23.0 Å². The van der Waals surface area contributed by atoms with Gasteiger partial charge < -0.3 is 10.6 Å². The molecule has 0 saturated carbocycles. The number of carbonyl (C=O) groups is 1. The normalized spacial score (nSPS) is 20.6. The van der Waals surface area contributed by atoms with Crippen LogP contribution in [0.2, 0.25) is 10.0 Å². The summed E-state index contributed by atoms with van der Waals surface area (Å²) in [4.78, 5) is 11.6. The van der Waals surface area contributed by atoms with Crippen LogP contribution in [0.3, 0.4) is 0 Å². The Morgan fingerprint density at radius 3 is 2.56 bits per heavy atom. The number of carbonyl (C=O) groups excluding carboxylic acids is 1. The molecule has 3 nitrogen and oxygen atoms in total. The van der Waals surface area contributed by atoms with Crippen LogP contribution in [0.4, 0.5) is 0 Å². The summed E-state index contributed by atoms with van der Waals surface area (Å²) in [5.41, 5.74) is 0.820. The summed E-state index contributed by atoms with van der Waals surface area (Å²) in [6.07, 6.45) is 0.518. The van der Waals surface area contributed by atoms with Crippen molar-refractivity contribution < 1.29 is 4.79 Å². The lowest BCUT2D eigenvalue weighted by molar-refractivity contribution is -0.124. The highest BCUT2D eigenvalue weighted by Crippen LogP contribution is 2.25. The van der Waals surface area contributed by atoms with E-state index in [1.807, 2.05) is 0 Å². The van der Waals surface area contributed by atoms with Crippen LogP contribution in [-0.2, 0) is 11.2 Å². The summed E-state index contributed by atoms with van der Waals surface area (Å²) >= 11 is 12.1. The number of hydrogen-bond donors (Lipinski definition) is 2. The third-order valence-electron chi connectivity index (χ3n) is 2.60. The molecule has 0 bridgehead atoms. The molecule has 1 saturated heterocycles. The Balaban J connectivity index is 2.16. The Morgan fingerprint density at radius 1 is 1.25 bits per heavy atom.